The first kappa shape index (κ1) is 20.0. The van der Waals surface area contributed by atoms with Gasteiger partial charge in [-0.1, -0.05) is 54.6 Å². The Labute approximate surface area is 180 Å². The third kappa shape index (κ3) is 4.63. The second-order valence-electron chi connectivity index (χ2n) is 7.12. The molecule has 1 saturated heterocycles. The number of hydrogen-bond donors (Lipinski definition) is 1. The topological polar surface area (TPSA) is 49.4 Å². The standard InChI is InChI=1S/C25H22N2O2S/c1-18-6-5-9-22(16-18)27-24(29)17-30-25(27)20-11-13-21(14-12-20)26-23(28)15-10-19-7-3-2-4-8-19/h2-16,25H,17H2,1H3,(H,26,28)/b15-10+. The third-order valence-corrected chi connectivity index (χ3v) is 6.05. The molecule has 5 heteroatoms. The van der Waals surface area contributed by atoms with Crippen molar-refractivity contribution >= 4 is 41.0 Å². The zero-order valence-corrected chi connectivity index (χ0v) is 17.4. The predicted octanol–water partition coefficient (Wildman–Crippen LogP) is 5.43. The quantitative estimate of drug-likeness (QED) is 0.567. The first-order valence-electron chi connectivity index (χ1n) is 9.74. The van der Waals surface area contributed by atoms with Crippen molar-refractivity contribution in [1.29, 1.82) is 0 Å². The summed E-state index contributed by atoms with van der Waals surface area (Å²) in [5.74, 6) is 0.388. The molecule has 0 aliphatic carbocycles. The number of nitrogens with one attached hydrogen (secondary N) is 1. The van der Waals surface area contributed by atoms with Crippen LogP contribution in [0.1, 0.15) is 22.1 Å². The second kappa shape index (κ2) is 9.01. The summed E-state index contributed by atoms with van der Waals surface area (Å²) < 4.78 is 0. The summed E-state index contributed by atoms with van der Waals surface area (Å²) in [6, 6.07) is 25.4. The van der Waals surface area contributed by atoms with Gasteiger partial charge in [-0.2, -0.15) is 0 Å². The van der Waals surface area contributed by atoms with Gasteiger partial charge < -0.3 is 5.32 Å². The molecule has 3 aromatic carbocycles. The van der Waals surface area contributed by atoms with Crippen LogP contribution in [0, 0.1) is 6.92 Å². The smallest absolute Gasteiger partial charge is 0.248 e. The van der Waals surface area contributed by atoms with Crippen molar-refractivity contribution in [3.05, 3.63) is 102 Å². The zero-order chi connectivity index (χ0) is 20.9. The molecule has 150 valence electrons. The summed E-state index contributed by atoms with van der Waals surface area (Å²) in [6.45, 7) is 2.02. The molecule has 0 spiro atoms. The summed E-state index contributed by atoms with van der Waals surface area (Å²) in [5.41, 5.74) is 4.77. The van der Waals surface area contributed by atoms with Crippen molar-refractivity contribution in [2.45, 2.75) is 12.3 Å². The lowest BCUT2D eigenvalue weighted by atomic mass is 10.1. The van der Waals surface area contributed by atoms with Crippen LogP contribution in [0.25, 0.3) is 6.08 Å². The van der Waals surface area contributed by atoms with Gasteiger partial charge in [0, 0.05) is 17.5 Å². The van der Waals surface area contributed by atoms with Crippen LogP contribution in [0.2, 0.25) is 0 Å². The number of anilines is 2. The number of rotatable bonds is 5. The van der Waals surface area contributed by atoms with E-state index in [9.17, 15) is 9.59 Å². The summed E-state index contributed by atoms with van der Waals surface area (Å²) in [5, 5.41) is 2.81. The van der Waals surface area contributed by atoms with Crippen LogP contribution in [0.4, 0.5) is 11.4 Å². The highest BCUT2D eigenvalue weighted by atomic mass is 32.2. The highest BCUT2D eigenvalue weighted by Gasteiger charge is 2.33. The van der Waals surface area contributed by atoms with E-state index in [1.807, 2.05) is 90.7 Å². The van der Waals surface area contributed by atoms with Crippen molar-refractivity contribution in [2.75, 3.05) is 16.0 Å². The molecule has 0 bridgehead atoms. The number of carbonyl (C=O) groups is 2. The largest absolute Gasteiger partial charge is 0.323 e. The number of hydrogen-bond acceptors (Lipinski definition) is 3. The summed E-state index contributed by atoms with van der Waals surface area (Å²) in [7, 11) is 0. The lowest BCUT2D eigenvalue weighted by Gasteiger charge is -2.24. The molecule has 0 saturated carbocycles. The van der Waals surface area contributed by atoms with Gasteiger partial charge in [0.1, 0.15) is 5.37 Å². The minimum Gasteiger partial charge on any atom is -0.323 e. The van der Waals surface area contributed by atoms with E-state index in [1.165, 1.54) is 6.08 Å². The van der Waals surface area contributed by atoms with Crippen LogP contribution >= 0.6 is 11.8 Å². The predicted molar refractivity (Wildman–Crippen MR) is 124 cm³/mol. The minimum atomic E-state index is -0.182. The van der Waals surface area contributed by atoms with E-state index in [0.29, 0.717) is 5.75 Å². The average Bonchev–Trinajstić information content (AvgIpc) is 3.15. The van der Waals surface area contributed by atoms with Gasteiger partial charge >= 0.3 is 0 Å². The van der Waals surface area contributed by atoms with Crippen LogP contribution in [0.15, 0.2) is 84.9 Å². The lowest BCUT2D eigenvalue weighted by molar-refractivity contribution is -0.116. The Kier molecular flexibility index (Phi) is 6.00. The van der Waals surface area contributed by atoms with Crippen molar-refractivity contribution in [3.63, 3.8) is 0 Å². The summed E-state index contributed by atoms with van der Waals surface area (Å²) >= 11 is 1.62. The molecular formula is C25H22N2O2S. The van der Waals surface area contributed by atoms with Gasteiger partial charge in [0.25, 0.3) is 0 Å². The normalized spacial score (nSPS) is 16.2. The Hall–Kier alpha value is -3.31. The maximum atomic E-state index is 12.5. The maximum absolute atomic E-state index is 12.5. The van der Waals surface area contributed by atoms with Gasteiger partial charge in [-0.25, -0.2) is 0 Å². The Balaban J connectivity index is 1.45. The number of benzene rings is 3. The van der Waals surface area contributed by atoms with Gasteiger partial charge in [0.15, 0.2) is 0 Å². The number of amides is 2. The Morgan fingerprint density at radius 2 is 1.80 bits per heavy atom. The molecule has 1 aliphatic heterocycles. The van der Waals surface area contributed by atoms with E-state index in [2.05, 4.69) is 5.32 Å². The monoisotopic (exact) mass is 414 g/mol. The number of thioether (sulfide) groups is 1. The van der Waals surface area contributed by atoms with Crippen molar-refractivity contribution < 1.29 is 9.59 Å². The van der Waals surface area contributed by atoms with E-state index in [0.717, 1.165) is 28.1 Å². The van der Waals surface area contributed by atoms with E-state index >= 15 is 0 Å². The number of aryl methyl sites for hydroxylation is 1. The molecule has 1 heterocycles. The molecule has 1 unspecified atom stereocenters. The second-order valence-corrected chi connectivity index (χ2v) is 8.19. The Morgan fingerprint density at radius 3 is 2.53 bits per heavy atom. The van der Waals surface area contributed by atoms with E-state index in [-0.39, 0.29) is 17.2 Å². The SMILES string of the molecule is Cc1cccc(N2C(=O)CSC2c2ccc(NC(=O)/C=C/c3ccccc3)cc2)c1. The first-order chi connectivity index (χ1) is 14.6. The number of carbonyl (C=O) groups excluding carboxylic acids is 2. The molecule has 4 nitrogen and oxygen atoms in total. The molecular weight excluding hydrogens is 392 g/mol. The summed E-state index contributed by atoms with van der Waals surface area (Å²) in [4.78, 5) is 26.6. The van der Waals surface area contributed by atoms with Crippen molar-refractivity contribution in [3.8, 4) is 0 Å². The van der Waals surface area contributed by atoms with Crippen LogP contribution < -0.4 is 10.2 Å². The Bertz CT molecular complexity index is 1080. The van der Waals surface area contributed by atoms with Gasteiger partial charge in [-0.3, -0.25) is 14.5 Å². The van der Waals surface area contributed by atoms with Gasteiger partial charge in [-0.05, 0) is 54.0 Å². The van der Waals surface area contributed by atoms with E-state index < -0.39 is 0 Å². The molecule has 3 aromatic rings. The molecule has 1 N–H and O–H groups in total. The zero-order valence-electron chi connectivity index (χ0n) is 16.6. The van der Waals surface area contributed by atoms with Gasteiger partial charge in [-0.15, -0.1) is 11.8 Å². The van der Waals surface area contributed by atoms with Crippen LogP contribution in [0.5, 0.6) is 0 Å². The van der Waals surface area contributed by atoms with Crippen LogP contribution in [-0.2, 0) is 9.59 Å². The molecule has 0 aromatic heterocycles. The Morgan fingerprint density at radius 1 is 1.03 bits per heavy atom. The van der Waals surface area contributed by atoms with Crippen LogP contribution in [-0.4, -0.2) is 17.6 Å². The molecule has 1 fully saturated rings. The van der Waals surface area contributed by atoms with E-state index in [1.54, 1.807) is 17.8 Å². The van der Waals surface area contributed by atoms with Gasteiger partial charge in [0.2, 0.25) is 11.8 Å². The molecule has 2 amide bonds. The fourth-order valence-electron chi connectivity index (χ4n) is 3.38. The molecule has 1 atom stereocenters. The third-order valence-electron chi connectivity index (χ3n) is 4.84. The molecule has 30 heavy (non-hydrogen) atoms. The van der Waals surface area contributed by atoms with Crippen molar-refractivity contribution in [1.82, 2.24) is 0 Å². The average molecular weight is 415 g/mol. The fourth-order valence-corrected chi connectivity index (χ4v) is 4.56. The molecule has 0 radical (unpaired) electrons. The highest BCUT2D eigenvalue weighted by Crippen LogP contribution is 2.42. The highest BCUT2D eigenvalue weighted by molar-refractivity contribution is 8.00. The minimum absolute atomic E-state index is 0.0676. The van der Waals surface area contributed by atoms with Crippen LogP contribution in [0.3, 0.4) is 0 Å². The first-order valence-corrected chi connectivity index (χ1v) is 10.8. The van der Waals surface area contributed by atoms with E-state index in [4.69, 9.17) is 0 Å². The lowest BCUT2D eigenvalue weighted by Crippen LogP contribution is -2.27. The van der Waals surface area contributed by atoms with Crippen molar-refractivity contribution in [2.24, 2.45) is 0 Å². The maximum Gasteiger partial charge on any atom is 0.248 e. The molecule has 4 rings (SSSR count). The molecule has 1 aliphatic rings. The van der Waals surface area contributed by atoms with Gasteiger partial charge in [0.05, 0.1) is 5.75 Å². The summed E-state index contributed by atoms with van der Waals surface area (Å²) in [6.07, 6.45) is 3.30. The fraction of sp³-hybridized carbons (Fsp3) is 0.120. The number of nitrogens with zero attached hydrogens (tertiary/aromatic N) is 1.